The van der Waals surface area contributed by atoms with Crippen molar-refractivity contribution < 1.29 is 14.8 Å². The Morgan fingerprint density at radius 3 is 2.62 bits per heavy atom. The first-order valence-electron chi connectivity index (χ1n) is 8.54. The number of hydrogen-bond acceptors (Lipinski definition) is 5. The number of nitrogens with zero attached hydrogens (tertiary/aromatic N) is 3. The molecule has 144 valence electrons. The summed E-state index contributed by atoms with van der Waals surface area (Å²) in [6.45, 7) is 0. The molecule has 0 bridgehead atoms. The second kappa shape index (κ2) is 7.44. The van der Waals surface area contributed by atoms with Crippen molar-refractivity contribution in [1.82, 2.24) is 4.98 Å². The monoisotopic (exact) mass is 452 g/mol. The normalized spacial score (nSPS) is 11.5. The van der Waals surface area contributed by atoms with Crippen LogP contribution in [0.1, 0.15) is 5.56 Å². The van der Waals surface area contributed by atoms with Gasteiger partial charge in [0.25, 0.3) is 11.6 Å². The van der Waals surface area contributed by atoms with Crippen molar-refractivity contribution in [3.63, 3.8) is 0 Å². The number of aromatic amines is 1. The summed E-state index contributed by atoms with van der Waals surface area (Å²) in [6, 6.07) is 15.4. The lowest BCUT2D eigenvalue weighted by molar-refractivity contribution is -0.384. The van der Waals surface area contributed by atoms with Crippen LogP contribution in [0.2, 0.25) is 0 Å². The van der Waals surface area contributed by atoms with E-state index in [9.17, 15) is 20.0 Å². The van der Waals surface area contributed by atoms with Gasteiger partial charge in [-0.3, -0.25) is 14.9 Å². The van der Waals surface area contributed by atoms with Gasteiger partial charge in [0.1, 0.15) is 0 Å². The summed E-state index contributed by atoms with van der Waals surface area (Å²) >= 11 is 3.49. The van der Waals surface area contributed by atoms with E-state index in [0.29, 0.717) is 10.9 Å². The van der Waals surface area contributed by atoms with E-state index in [0.717, 1.165) is 20.8 Å². The highest BCUT2D eigenvalue weighted by atomic mass is 79.9. The van der Waals surface area contributed by atoms with E-state index in [4.69, 9.17) is 0 Å². The van der Waals surface area contributed by atoms with E-state index >= 15 is 0 Å². The summed E-state index contributed by atoms with van der Waals surface area (Å²) < 4.78 is 0.927. The molecule has 0 atom stereocenters. The van der Waals surface area contributed by atoms with Gasteiger partial charge in [0, 0.05) is 22.0 Å². The summed E-state index contributed by atoms with van der Waals surface area (Å²) in [5, 5.41) is 30.8. The van der Waals surface area contributed by atoms with Gasteiger partial charge < -0.3 is 10.1 Å². The van der Waals surface area contributed by atoms with Crippen LogP contribution in [-0.2, 0) is 11.2 Å². The number of amides is 1. The van der Waals surface area contributed by atoms with Crippen molar-refractivity contribution >= 4 is 54.9 Å². The number of hydrogen-bond donors (Lipinski definition) is 2. The molecule has 3 aromatic carbocycles. The van der Waals surface area contributed by atoms with Crippen LogP contribution in [0.25, 0.3) is 21.7 Å². The Kier molecular flexibility index (Phi) is 4.81. The van der Waals surface area contributed by atoms with Gasteiger partial charge in [0.2, 0.25) is 5.88 Å². The molecule has 4 rings (SSSR count). The number of H-pyrrole nitrogens is 1. The summed E-state index contributed by atoms with van der Waals surface area (Å²) in [7, 11) is 0. The van der Waals surface area contributed by atoms with Crippen LogP contribution in [0.5, 0.6) is 5.88 Å². The van der Waals surface area contributed by atoms with Gasteiger partial charge in [0.05, 0.1) is 16.9 Å². The number of aromatic hydroxyl groups is 1. The van der Waals surface area contributed by atoms with Crippen molar-refractivity contribution in [1.29, 1.82) is 0 Å². The van der Waals surface area contributed by atoms with Gasteiger partial charge >= 0.3 is 0 Å². The molecule has 1 aromatic heterocycles. The smallest absolute Gasteiger partial charge is 0.270 e. The van der Waals surface area contributed by atoms with E-state index in [1.165, 1.54) is 18.2 Å². The van der Waals surface area contributed by atoms with Crippen LogP contribution in [0.4, 0.5) is 11.4 Å². The molecule has 8 nitrogen and oxygen atoms in total. The van der Waals surface area contributed by atoms with Crippen LogP contribution in [0.3, 0.4) is 0 Å². The summed E-state index contributed by atoms with van der Waals surface area (Å²) in [4.78, 5) is 25.5. The summed E-state index contributed by atoms with van der Waals surface area (Å²) in [6.07, 6.45) is 0.0283. The van der Waals surface area contributed by atoms with Gasteiger partial charge in [-0.15, -0.1) is 10.2 Å². The fraction of sp³-hybridized carbons (Fsp3) is 0.0500. The number of non-ortho nitro benzene ring substituents is 1. The highest BCUT2D eigenvalue weighted by Gasteiger charge is 2.15. The average Bonchev–Trinajstić information content (AvgIpc) is 3.03. The lowest BCUT2D eigenvalue weighted by Crippen LogP contribution is -1.99. The number of halogens is 1. The maximum Gasteiger partial charge on any atom is 0.270 e. The molecule has 4 aromatic rings. The number of rotatable bonds is 4. The topological polar surface area (TPSA) is 121 Å². The third-order valence-electron chi connectivity index (χ3n) is 4.51. The number of nitro benzene ring substituents is 1. The molecule has 0 aliphatic carbocycles. The van der Waals surface area contributed by atoms with Crippen LogP contribution in [0.15, 0.2) is 69.3 Å². The zero-order valence-corrected chi connectivity index (χ0v) is 16.4. The Morgan fingerprint density at radius 1 is 1.10 bits per heavy atom. The molecule has 9 heteroatoms. The third kappa shape index (κ3) is 3.59. The second-order valence-corrected chi connectivity index (χ2v) is 7.19. The van der Waals surface area contributed by atoms with E-state index in [1.54, 1.807) is 0 Å². The Morgan fingerprint density at radius 2 is 1.86 bits per heavy atom. The zero-order chi connectivity index (χ0) is 20.5. The van der Waals surface area contributed by atoms with E-state index in [-0.39, 0.29) is 23.7 Å². The lowest BCUT2D eigenvalue weighted by Gasteiger charge is -2.06. The standard InChI is InChI=1S/C20H13BrN4O4/c21-16-7-5-11(13-3-1-2-4-14(13)16)9-18(26)23-24-19-15-10-12(25(28)29)6-8-17(15)22-20(19)27/h1-8,10,22,27H,9H2. The van der Waals surface area contributed by atoms with E-state index < -0.39 is 10.8 Å². The first-order chi connectivity index (χ1) is 13.9. The third-order valence-corrected chi connectivity index (χ3v) is 5.20. The summed E-state index contributed by atoms with van der Waals surface area (Å²) in [5.74, 6) is -0.817. The molecule has 0 unspecified atom stereocenters. The minimum atomic E-state index is -0.547. The number of aromatic nitrogens is 1. The number of fused-ring (bicyclic) bond motifs is 2. The van der Waals surface area contributed by atoms with Gasteiger partial charge in [-0.05, 0) is 28.5 Å². The molecule has 0 aliphatic heterocycles. The quantitative estimate of drug-likeness (QED) is 0.239. The largest absolute Gasteiger partial charge is 0.493 e. The fourth-order valence-electron chi connectivity index (χ4n) is 3.15. The van der Waals surface area contributed by atoms with E-state index in [2.05, 4.69) is 31.1 Å². The van der Waals surface area contributed by atoms with Crippen LogP contribution in [-0.4, -0.2) is 20.9 Å². The van der Waals surface area contributed by atoms with Crippen molar-refractivity contribution in [2.24, 2.45) is 10.2 Å². The molecular formula is C20H13BrN4O4. The first kappa shape index (κ1) is 18.8. The molecule has 0 saturated heterocycles. The number of carbonyl (C=O) groups excluding carboxylic acids is 1. The minimum Gasteiger partial charge on any atom is -0.493 e. The molecular weight excluding hydrogens is 440 g/mol. The number of azo groups is 1. The van der Waals surface area contributed by atoms with Crippen LogP contribution in [0, 0.1) is 10.1 Å². The molecule has 0 spiro atoms. The predicted octanol–water partition coefficient (Wildman–Crippen LogP) is 5.55. The van der Waals surface area contributed by atoms with Gasteiger partial charge in [-0.2, -0.15) is 0 Å². The molecule has 1 amide bonds. The molecule has 0 saturated carbocycles. The molecule has 1 heterocycles. The number of carbonyl (C=O) groups is 1. The maximum atomic E-state index is 12.4. The number of benzene rings is 3. The lowest BCUT2D eigenvalue weighted by atomic mass is 10.0. The highest BCUT2D eigenvalue weighted by Crippen LogP contribution is 2.37. The highest BCUT2D eigenvalue weighted by molar-refractivity contribution is 9.10. The van der Waals surface area contributed by atoms with Crippen LogP contribution < -0.4 is 0 Å². The molecule has 2 N–H and O–H groups in total. The fourth-order valence-corrected chi connectivity index (χ4v) is 3.63. The first-order valence-corrected chi connectivity index (χ1v) is 9.33. The van der Waals surface area contributed by atoms with Crippen molar-refractivity contribution in [2.75, 3.05) is 0 Å². The van der Waals surface area contributed by atoms with Gasteiger partial charge in [-0.1, -0.05) is 46.3 Å². The molecule has 0 aliphatic rings. The number of nitrogens with one attached hydrogen (secondary N) is 1. The van der Waals surface area contributed by atoms with Crippen LogP contribution >= 0.6 is 15.9 Å². The molecule has 0 radical (unpaired) electrons. The Balaban J connectivity index is 1.64. The molecule has 0 fully saturated rings. The van der Waals surface area contributed by atoms with Crippen molar-refractivity contribution in [3.05, 3.63) is 74.7 Å². The van der Waals surface area contributed by atoms with Gasteiger partial charge in [-0.25, -0.2) is 0 Å². The second-order valence-electron chi connectivity index (χ2n) is 6.33. The van der Waals surface area contributed by atoms with Crippen molar-refractivity contribution in [2.45, 2.75) is 6.42 Å². The van der Waals surface area contributed by atoms with Gasteiger partial charge in [0.15, 0.2) is 5.69 Å². The summed E-state index contributed by atoms with van der Waals surface area (Å²) in [5.41, 5.74) is 1.08. The maximum absolute atomic E-state index is 12.4. The Hall–Kier alpha value is -3.59. The minimum absolute atomic E-state index is 0.0160. The van der Waals surface area contributed by atoms with Crippen molar-refractivity contribution in [3.8, 4) is 5.88 Å². The number of nitro groups is 1. The average molecular weight is 453 g/mol. The zero-order valence-electron chi connectivity index (χ0n) is 14.8. The molecule has 29 heavy (non-hydrogen) atoms. The Labute approximate surface area is 172 Å². The predicted molar refractivity (Wildman–Crippen MR) is 111 cm³/mol. The SMILES string of the molecule is O=C(Cc1ccc(Br)c2ccccc12)N=Nc1c(O)[nH]c2ccc([N+](=O)[O-])cc12. The van der Waals surface area contributed by atoms with E-state index in [1.807, 2.05) is 36.4 Å². The Bertz CT molecular complexity index is 1310.